The summed E-state index contributed by atoms with van der Waals surface area (Å²) < 4.78 is 0. The van der Waals surface area contributed by atoms with E-state index < -0.39 is 0 Å². The monoisotopic (exact) mass is 526 g/mol. The molecular weight excluding hydrogens is 492 g/mol. The van der Waals surface area contributed by atoms with Crippen molar-refractivity contribution in [2.75, 3.05) is 57.8 Å². The minimum Gasteiger partial charge on any atom is -0.351 e. The normalized spacial score (nSPS) is 18.9. The average Bonchev–Trinajstić information content (AvgIpc) is 2.97. The Bertz CT molecular complexity index is 1370. The van der Waals surface area contributed by atoms with Gasteiger partial charge in [-0.2, -0.15) is 5.26 Å². The minimum atomic E-state index is -0.0703. The van der Waals surface area contributed by atoms with Crippen LogP contribution < -0.4 is 10.2 Å². The van der Waals surface area contributed by atoms with E-state index >= 15 is 0 Å². The molecule has 2 aromatic heterocycles. The van der Waals surface area contributed by atoms with Crippen LogP contribution in [0.1, 0.15) is 24.3 Å². The molecule has 4 heterocycles. The number of likely N-dealkylation sites (N-methyl/N-ethyl adjacent to an activating group) is 1. The van der Waals surface area contributed by atoms with Gasteiger partial charge in [0.05, 0.1) is 29.6 Å². The van der Waals surface area contributed by atoms with Gasteiger partial charge in [-0.25, -0.2) is 15.0 Å². The molecule has 2 fully saturated rings. The first-order chi connectivity index (χ1) is 18.9. The third kappa shape index (κ3) is 5.76. The van der Waals surface area contributed by atoms with Crippen molar-refractivity contribution < 1.29 is 4.79 Å². The van der Waals surface area contributed by atoms with Crippen LogP contribution in [-0.2, 0) is 0 Å². The number of rotatable bonds is 4. The number of guanidine groups is 1. The number of nitriles is 1. The van der Waals surface area contributed by atoms with Crippen LogP contribution in [0.15, 0.2) is 53.9 Å². The Labute approximate surface area is 228 Å². The Morgan fingerprint density at radius 3 is 2.59 bits per heavy atom. The lowest BCUT2D eigenvalue weighted by molar-refractivity contribution is 0.0657. The fourth-order valence-electron chi connectivity index (χ4n) is 5.13. The molecule has 1 unspecified atom stereocenters. The van der Waals surface area contributed by atoms with Gasteiger partial charge in [0.1, 0.15) is 11.5 Å². The number of aliphatic imine (C=N–C) groups is 1. The number of amides is 1. The molecule has 2 aliphatic heterocycles. The summed E-state index contributed by atoms with van der Waals surface area (Å²) in [7, 11) is 2.06. The number of hydrogen-bond donors (Lipinski definition) is 1. The molecule has 1 N–H and O–H groups in total. The van der Waals surface area contributed by atoms with E-state index in [2.05, 4.69) is 62.1 Å². The van der Waals surface area contributed by atoms with E-state index in [1.165, 1.54) is 0 Å². The predicted octanol–water partition coefficient (Wildman–Crippen LogP) is 2.32. The van der Waals surface area contributed by atoms with E-state index in [0.717, 1.165) is 35.5 Å². The second kappa shape index (κ2) is 11.6. The smallest absolute Gasteiger partial charge is 0.274 e. The first-order valence-electron chi connectivity index (χ1n) is 13.3. The van der Waals surface area contributed by atoms with Crippen molar-refractivity contribution in [2.45, 2.75) is 19.9 Å². The molecule has 1 aromatic carbocycles. The lowest BCUT2D eigenvalue weighted by Crippen LogP contribution is -2.59. The van der Waals surface area contributed by atoms with E-state index in [1.807, 2.05) is 35.2 Å². The van der Waals surface area contributed by atoms with Crippen molar-refractivity contribution in [3.05, 3.63) is 54.6 Å². The molecule has 5 rings (SSSR count). The zero-order chi connectivity index (χ0) is 27.4. The van der Waals surface area contributed by atoms with Crippen molar-refractivity contribution in [3.63, 3.8) is 0 Å². The summed E-state index contributed by atoms with van der Waals surface area (Å²) in [5.74, 6) is 1.46. The number of carbonyl (C=O) groups excluding carboxylic acids is 1. The topological polar surface area (TPSA) is 117 Å². The molecule has 2 aliphatic rings. The van der Waals surface area contributed by atoms with Crippen LogP contribution in [0.3, 0.4) is 0 Å². The summed E-state index contributed by atoms with van der Waals surface area (Å²) in [6.45, 7) is 9.45. The van der Waals surface area contributed by atoms with Crippen molar-refractivity contribution >= 4 is 34.3 Å². The molecule has 1 amide bonds. The van der Waals surface area contributed by atoms with Crippen molar-refractivity contribution in [1.82, 2.24) is 35.0 Å². The van der Waals surface area contributed by atoms with Gasteiger partial charge in [-0.3, -0.25) is 15.1 Å². The summed E-state index contributed by atoms with van der Waals surface area (Å²) >= 11 is 0. The summed E-state index contributed by atoms with van der Waals surface area (Å²) in [6.07, 6.45) is 7.11. The number of fused-ring (bicyclic) bond motifs is 1. The fourth-order valence-corrected chi connectivity index (χ4v) is 5.13. The molecule has 11 heteroatoms. The number of piperazine rings is 2. The number of anilines is 1. The number of benzene rings is 1. The van der Waals surface area contributed by atoms with Gasteiger partial charge in [0.25, 0.3) is 5.91 Å². The van der Waals surface area contributed by atoms with Crippen LogP contribution in [0.5, 0.6) is 0 Å². The summed E-state index contributed by atoms with van der Waals surface area (Å²) in [5.41, 5.74) is 1.99. The molecule has 202 valence electrons. The summed E-state index contributed by atoms with van der Waals surface area (Å²) in [6, 6.07) is 9.75. The van der Waals surface area contributed by atoms with Gasteiger partial charge in [0, 0.05) is 57.4 Å². The number of carbonyl (C=O) groups is 1. The molecule has 3 aromatic rings. The first kappa shape index (κ1) is 26.3. The zero-order valence-corrected chi connectivity index (χ0v) is 22.7. The first-order valence-corrected chi connectivity index (χ1v) is 13.3. The fraction of sp³-hybridized carbons (Fsp3) is 0.429. The molecule has 11 nitrogen and oxygen atoms in total. The van der Waals surface area contributed by atoms with E-state index in [1.54, 1.807) is 18.6 Å². The Morgan fingerprint density at radius 1 is 1.05 bits per heavy atom. The molecule has 39 heavy (non-hydrogen) atoms. The lowest BCUT2D eigenvalue weighted by atomic mass is 10.00. The molecular formula is C28H34N10O. The molecule has 0 radical (unpaired) electrons. The van der Waals surface area contributed by atoms with Gasteiger partial charge in [-0.15, -0.1) is 0 Å². The average molecular weight is 527 g/mol. The highest BCUT2D eigenvalue weighted by molar-refractivity contribution is 5.94. The molecule has 1 atom stereocenters. The van der Waals surface area contributed by atoms with Gasteiger partial charge in [0.2, 0.25) is 5.96 Å². The van der Waals surface area contributed by atoms with E-state index in [4.69, 9.17) is 4.99 Å². The largest absolute Gasteiger partial charge is 0.351 e. The number of nitrogens with zero attached hydrogens (tertiary/aromatic N) is 9. The second-order valence-electron chi connectivity index (χ2n) is 10.3. The molecule has 2 saturated heterocycles. The van der Waals surface area contributed by atoms with Crippen molar-refractivity contribution in [3.8, 4) is 6.19 Å². The van der Waals surface area contributed by atoms with Crippen LogP contribution in [0.4, 0.5) is 11.5 Å². The van der Waals surface area contributed by atoms with Gasteiger partial charge in [0.15, 0.2) is 6.19 Å². The SMILES string of the molecule is CC(C)C1CN(c2cnc(C(=O)N3CCN(C)CC3)cn2)CCN1C(=Nc1cccc2ncccc12)NC#N. The number of nitrogens with one attached hydrogen (secondary N) is 1. The number of aromatic nitrogens is 3. The minimum absolute atomic E-state index is 0.0694. The molecule has 0 bridgehead atoms. The maximum Gasteiger partial charge on any atom is 0.274 e. The summed E-state index contributed by atoms with van der Waals surface area (Å²) in [4.78, 5) is 39.7. The Kier molecular flexibility index (Phi) is 7.84. The van der Waals surface area contributed by atoms with Crippen molar-refractivity contribution in [1.29, 1.82) is 5.26 Å². The molecule has 0 spiro atoms. The third-order valence-corrected chi connectivity index (χ3v) is 7.45. The van der Waals surface area contributed by atoms with Crippen LogP contribution in [-0.4, -0.2) is 100 Å². The number of hydrogen-bond acceptors (Lipinski definition) is 8. The highest BCUT2D eigenvalue weighted by atomic mass is 16.2. The third-order valence-electron chi connectivity index (χ3n) is 7.45. The Morgan fingerprint density at radius 2 is 1.87 bits per heavy atom. The maximum atomic E-state index is 12.9. The number of pyridine rings is 1. The predicted molar refractivity (Wildman–Crippen MR) is 151 cm³/mol. The van der Waals surface area contributed by atoms with Crippen LogP contribution in [0.25, 0.3) is 10.9 Å². The molecule has 0 aliphatic carbocycles. The van der Waals surface area contributed by atoms with Crippen LogP contribution >= 0.6 is 0 Å². The van der Waals surface area contributed by atoms with Crippen LogP contribution in [0.2, 0.25) is 0 Å². The van der Waals surface area contributed by atoms with E-state index in [0.29, 0.717) is 44.4 Å². The maximum absolute atomic E-state index is 12.9. The zero-order valence-electron chi connectivity index (χ0n) is 22.7. The van der Waals surface area contributed by atoms with Gasteiger partial charge in [-0.1, -0.05) is 19.9 Å². The van der Waals surface area contributed by atoms with E-state index in [9.17, 15) is 10.1 Å². The summed E-state index contributed by atoms with van der Waals surface area (Å²) in [5, 5.41) is 13.3. The quantitative estimate of drug-likeness (QED) is 0.237. The standard InChI is InChI=1S/C28H34N10O/c1-20(2)25-18-37(26-17-31-24(16-32-26)27(39)36-12-10-35(3)11-13-36)14-15-38(25)28(33-19-29)34-23-8-4-7-22-21(23)6-5-9-30-22/h4-9,16-17,20,25H,10-15,18H2,1-3H3,(H,33,34). The van der Waals surface area contributed by atoms with Crippen molar-refractivity contribution in [2.24, 2.45) is 10.9 Å². The Hall–Kier alpha value is -4.30. The van der Waals surface area contributed by atoms with Gasteiger partial charge in [-0.05, 0) is 37.2 Å². The second-order valence-corrected chi connectivity index (χ2v) is 10.3. The van der Waals surface area contributed by atoms with E-state index in [-0.39, 0.29) is 17.9 Å². The Balaban J connectivity index is 1.34. The molecule has 0 saturated carbocycles. The highest BCUT2D eigenvalue weighted by Crippen LogP contribution is 2.27. The lowest BCUT2D eigenvalue weighted by Gasteiger charge is -2.44. The van der Waals surface area contributed by atoms with Gasteiger partial charge < -0.3 is 19.6 Å². The highest BCUT2D eigenvalue weighted by Gasteiger charge is 2.32. The van der Waals surface area contributed by atoms with Gasteiger partial charge >= 0.3 is 0 Å². The van der Waals surface area contributed by atoms with Crippen LogP contribution in [0, 0.1) is 17.4 Å².